The average molecular weight is 427 g/mol. The van der Waals surface area contributed by atoms with Crippen molar-refractivity contribution in [2.24, 2.45) is 0 Å². The van der Waals surface area contributed by atoms with E-state index in [1.807, 2.05) is 42.6 Å². The molecule has 0 N–H and O–H groups in total. The van der Waals surface area contributed by atoms with Crippen LogP contribution in [0.15, 0.2) is 72.9 Å². The predicted molar refractivity (Wildman–Crippen MR) is 131 cm³/mol. The van der Waals surface area contributed by atoms with Crippen molar-refractivity contribution in [1.82, 2.24) is 9.88 Å². The van der Waals surface area contributed by atoms with Crippen LogP contribution in [0.4, 0.5) is 0 Å². The minimum Gasteiger partial charge on any atom is -0.297 e. The van der Waals surface area contributed by atoms with Crippen molar-refractivity contribution in [1.29, 1.82) is 0 Å². The van der Waals surface area contributed by atoms with Crippen LogP contribution in [0.2, 0.25) is 5.02 Å². The molecule has 0 unspecified atom stereocenters. The molecular formula is C28H27ClN2. The summed E-state index contributed by atoms with van der Waals surface area (Å²) >= 11 is 5.96. The summed E-state index contributed by atoms with van der Waals surface area (Å²) < 4.78 is 0. The van der Waals surface area contributed by atoms with Gasteiger partial charge in [-0.05, 0) is 86.7 Å². The van der Waals surface area contributed by atoms with Crippen LogP contribution >= 0.6 is 11.6 Å². The van der Waals surface area contributed by atoms with Gasteiger partial charge in [0.15, 0.2) is 0 Å². The third-order valence-electron chi connectivity index (χ3n) is 5.87. The topological polar surface area (TPSA) is 16.1 Å². The summed E-state index contributed by atoms with van der Waals surface area (Å²) in [7, 11) is 2.22. The maximum atomic E-state index is 5.96. The van der Waals surface area contributed by atoms with Crippen molar-refractivity contribution in [3.63, 3.8) is 0 Å². The van der Waals surface area contributed by atoms with Crippen LogP contribution in [0.25, 0.3) is 16.7 Å². The highest BCUT2D eigenvalue weighted by molar-refractivity contribution is 6.30. The van der Waals surface area contributed by atoms with Crippen molar-refractivity contribution in [2.75, 3.05) is 7.05 Å². The summed E-state index contributed by atoms with van der Waals surface area (Å²) in [5, 5.41) is 0.732. The molecule has 0 amide bonds. The molecule has 156 valence electrons. The highest BCUT2D eigenvalue weighted by atomic mass is 35.5. The van der Waals surface area contributed by atoms with Gasteiger partial charge in [-0.25, -0.2) is 4.98 Å². The summed E-state index contributed by atoms with van der Waals surface area (Å²) in [4.78, 5) is 6.95. The molecule has 0 saturated heterocycles. The van der Waals surface area contributed by atoms with Gasteiger partial charge in [0.1, 0.15) is 5.69 Å². The summed E-state index contributed by atoms with van der Waals surface area (Å²) in [5.74, 6) is 6.38. The quantitative estimate of drug-likeness (QED) is 0.422. The monoisotopic (exact) mass is 426 g/mol. The molecule has 1 atom stereocenters. The normalized spacial score (nSPS) is 14.8. The van der Waals surface area contributed by atoms with E-state index >= 15 is 0 Å². The smallest absolute Gasteiger partial charge is 0.113 e. The summed E-state index contributed by atoms with van der Waals surface area (Å²) in [5.41, 5.74) is 6.44. The Balaban J connectivity index is 1.42. The molecule has 1 saturated carbocycles. The van der Waals surface area contributed by atoms with Crippen LogP contribution in [0, 0.1) is 11.8 Å². The molecule has 4 rings (SSSR count). The number of likely N-dealkylation sites (N-methyl/N-ethyl adjacent to an activating group) is 1. The van der Waals surface area contributed by atoms with Crippen molar-refractivity contribution in [3.05, 3.63) is 94.8 Å². The maximum Gasteiger partial charge on any atom is 0.113 e. The molecule has 3 aromatic rings. The largest absolute Gasteiger partial charge is 0.297 e. The fraction of sp³-hybridized carbons (Fsp3) is 0.250. The molecule has 1 fully saturated rings. The van der Waals surface area contributed by atoms with Crippen molar-refractivity contribution >= 4 is 17.2 Å². The molecule has 31 heavy (non-hydrogen) atoms. The van der Waals surface area contributed by atoms with Gasteiger partial charge in [-0.3, -0.25) is 4.90 Å². The summed E-state index contributed by atoms with van der Waals surface area (Å²) in [6.07, 6.45) is 6.87. The Morgan fingerprint density at radius 3 is 2.29 bits per heavy atom. The molecule has 0 bridgehead atoms. The molecule has 0 radical (unpaired) electrons. The Bertz CT molecular complexity index is 1110. The fourth-order valence-corrected chi connectivity index (χ4v) is 3.75. The van der Waals surface area contributed by atoms with Gasteiger partial charge < -0.3 is 0 Å². The molecule has 1 aliphatic rings. The van der Waals surface area contributed by atoms with Gasteiger partial charge in [-0.15, -0.1) is 0 Å². The van der Waals surface area contributed by atoms with Crippen molar-refractivity contribution in [2.45, 2.75) is 38.8 Å². The van der Waals surface area contributed by atoms with Crippen LogP contribution < -0.4 is 0 Å². The van der Waals surface area contributed by atoms with E-state index in [-0.39, 0.29) is 0 Å². The first kappa shape index (κ1) is 21.4. The Morgan fingerprint density at radius 2 is 1.68 bits per heavy atom. The zero-order valence-electron chi connectivity index (χ0n) is 18.3. The van der Waals surface area contributed by atoms with E-state index in [2.05, 4.69) is 73.0 Å². The van der Waals surface area contributed by atoms with Crippen LogP contribution in [-0.4, -0.2) is 29.0 Å². The van der Waals surface area contributed by atoms with Crippen molar-refractivity contribution in [3.8, 4) is 23.0 Å². The average Bonchev–Trinajstić information content (AvgIpc) is 3.64. The molecule has 3 heteroatoms. The van der Waals surface area contributed by atoms with Crippen LogP contribution in [0.3, 0.4) is 0 Å². The lowest BCUT2D eigenvalue weighted by molar-refractivity contribution is 0.287. The standard InChI is InChI=1S/C28H27ClN2/c1-20(18-21(2)31(3)28-16-17-28)23-7-4-22(5-8-23)6-14-27-15-11-25(19-30-27)24-9-12-26(29)13-10-24/h4-5,7-13,15,18-19,21,28H,16-17H2,1-3H3/t21-/m1/s1. The number of hydrogen-bond acceptors (Lipinski definition) is 2. The van der Waals surface area contributed by atoms with Crippen molar-refractivity contribution < 1.29 is 0 Å². The number of benzene rings is 2. The lowest BCUT2D eigenvalue weighted by Crippen LogP contribution is -2.29. The third kappa shape index (κ3) is 5.64. The number of rotatable bonds is 5. The molecule has 2 nitrogen and oxygen atoms in total. The zero-order valence-corrected chi connectivity index (χ0v) is 19.0. The molecule has 0 spiro atoms. The van der Waals surface area contributed by atoms with Gasteiger partial charge in [0, 0.05) is 34.4 Å². The second kappa shape index (κ2) is 9.52. The Labute approximate surface area is 190 Å². The molecular weight excluding hydrogens is 400 g/mol. The van der Waals surface area contributed by atoms with Gasteiger partial charge >= 0.3 is 0 Å². The number of hydrogen-bond donors (Lipinski definition) is 0. The second-order valence-corrected chi connectivity index (χ2v) is 8.69. The molecule has 1 heterocycles. The fourth-order valence-electron chi connectivity index (χ4n) is 3.62. The lowest BCUT2D eigenvalue weighted by atomic mass is 10.0. The van der Waals surface area contributed by atoms with E-state index in [0.717, 1.165) is 33.4 Å². The van der Waals surface area contributed by atoms with Gasteiger partial charge in [-0.1, -0.05) is 53.9 Å². The van der Waals surface area contributed by atoms with E-state index in [9.17, 15) is 0 Å². The van der Waals surface area contributed by atoms with Gasteiger partial charge in [0.05, 0.1) is 0 Å². The number of aromatic nitrogens is 1. The molecule has 0 aliphatic heterocycles. The third-order valence-corrected chi connectivity index (χ3v) is 6.12. The van der Waals surface area contributed by atoms with E-state index in [1.165, 1.54) is 24.0 Å². The summed E-state index contributed by atoms with van der Waals surface area (Å²) in [6, 6.07) is 21.4. The van der Waals surface area contributed by atoms with Gasteiger partial charge in [0.2, 0.25) is 0 Å². The number of allylic oxidation sites excluding steroid dienone is 1. The first-order chi connectivity index (χ1) is 15.0. The highest BCUT2D eigenvalue weighted by Gasteiger charge is 2.28. The first-order valence-corrected chi connectivity index (χ1v) is 11.1. The van der Waals surface area contributed by atoms with Crippen LogP contribution in [-0.2, 0) is 0 Å². The minimum absolute atomic E-state index is 0.453. The Morgan fingerprint density at radius 1 is 1.00 bits per heavy atom. The van der Waals surface area contributed by atoms with E-state index in [0.29, 0.717) is 6.04 Å². The Kier molecular flexibility index (Phi) is 6.56. The van der Waals surface area contributed by atoms with Gasteiger partial charge in [-0.2, -0.15) is 0 Å². The lowest BCUT2D eigenvalue weighted by Gasteiger charge is -2.22. The Hall–Kier alpha value is -2.86. The number of halogens is 1. The van der Waals surface area contributed by atoms with E-state index in [4.69, 9.17) is 11.6 Å². The first-order valence-electron chi connectivity index (χ1n) is 10.7. The van der Waals surface area contributed by atoms with E-state index < -0.39 is 0 Å². The van der Waals surface area contributed by atoms with Gasteiger partial charge in [0.25, 0.3) is 0 Å². The number of nitrogens with zero attached hydrogens (tertiary/aromatic N) is 2. The molecule has 1 aromatic heterocycles. The maximum absolute atomic E-state index is 5.96. The predicted octanol–water partition coefficient (Wildman–Crippen LogP) is 6.69. The highest BCUT2D eigenvalue weighted by Crippen LogP contribution is 2.28. The SMILES string of the molecule is CC(=C[C@@H](C)N(C)C1CC1)c1ccc(C#Cc2ccc(-c3ccc(Cl)cc3)cn2)cc1. The zero-order chi connectivity index (χ0) is 21.8. The number of pyridine rings is 1. The minimum atomic E-state index is 0.453. The molecule has 2 aromatic carbocycles. The van der Waals surface area contributed by atoms with Crippen LogP contribution in [0.1, 0.15) is 43.5 Å². The summed E-state index contributed by atoms with van der Waals surface area (Å²) in [6.45, 7) is 4.46. The van der Waals surface area contributed by atoms with Crippen LogP contribution in [0.5, 0.6) is 0 Å². The molecule has 1 aliphatic carbocycles. The second-order valence-electron chi connectivity index (χ2n) is 8.25. The van der Waals surface area contributed by atoms with E-state index in [1.54, 1.807) is 0 Å².